The van der Waals surface area contributed by atoms with Crippen LogP contribution < -0.4 is 14.8 Å². The van der Waals surface area contributed by atoms with E-state index in [4.69, 9.17) is 4.74 Å². The highest BCUT2D eigenvalue weighted by Crippen LogP contribution is 2.29. The molecule has 21 heavy (non-hydrogen) atoms. The molecule has 0 spiro atoms. The third-order valence-corrected chi connectivity index (χ3v) is 2.67. The normalized spacial score (nSPS) is 10.5. The molecule has 0 aliphatic heterocycles. The summed E-state index contributed by atoms with van der Waals surface area (Å²) >= 11 is 0. The highest BCUT2D eigenvalue weighted by molar-refractivity contribution is 5.45. The van der Waals surface area contributed by atoms with E-state index in [-0.39, 0.29) is 11.5 Å². The molecule has 0 bridgehead atoms. The predicted molar refractivity (Wildman–Crippen MR) is 71.1 cm³/mol. The van der Waals surface area contributed by atoms with Crippen molar-refractivity contribution in [3.63, 3.8) is 0 Å². The minimum atomic E-state index is -2.93. The lowest BCUT2D eigenvalue weighted by atomic mass is 10.2. The number of benzene rings is 1. The van der Waals surface area contributed by atoms with E-state index in [1.54, 1.807) is 6.07 Å². The van der Waals surface area contributed by atoms with Crippen molar-refractivity contribution in [2.75, 3.05) is 12.4 Å². The van der Waals surface area contributed by atoms with Gasteiger partial charge in [-0.2, -0.15) is 13.2 Å². The molecule has 0 aliphatic carbocycles. The van der Waals surface area contributed by atoms with Crippen molar-refractivity contribution in [3.8, 4) is 11.5 Å². The molecule has 0 unspecified atom stereocenters. The summed E-state index contributed by atoms with van der Waals surface area (Å²) in [4.78, 5) is 3.50. The first-order chi connectivity index (χ1) is 10.1. The Hall–Kier alpha value is -2.44. The van der Waals surface area contributed by atoms with E-state index in [1.165, 1.54) is 37.6 Å². The number of nitrogens with zero attached hydrogens (tertiary/aromatic N) is 1. The summed E-state index contributed by atoms with van der Waals surface area (Å²) in [5.41, 5.74) is 1.32. The second-order valence-corrected chi connectivity index (χ2v) is 4.09. The van der Waals surface area contributed by atoms with Crippen molar-refractivity contribution >= 4 is 5.69 Å². The quantitative estimate of drug-likeness (QED) is 0.830. The number of ether oxygens (including phenoxy) is 2. The number of anilines is 1. The van der Waals surface area contributed by atoms with Gasteiger partial charge in [0.15, 0.2) is 11.5 Å². The number of methoxy groups -OCH3 is 1. The van der Waals surface area contributed by atoms with Gasteiger partial charge in [-0.25, -0.2) is 4.98 Å². The molecular weight excluding hydrogens is 285 g/mol. The molecule has 0 atom stereocenters. The lowest BCUT2D eigenvalue weighted by molar-refractivity contribution is -0.0512. The number of rotatable bonds is 6. The number of halogens is 3. The summed E-state index contributed by atoms with van der Waals surface area (Å²) in [6.45, 7) is -2.58. The van der Waals surface area contributed by atoms with Gasteiger partial charge < -0.3 is 14.8 Å². The zero-order valence-electron chi connectivity index (χ0n) is 11.1. The summed E-state index contributed by atoms with van der Waals surface area (Å²) < 4.78 is 46.7. The standard InChI is InChI=1S/C14H13F3N2O2/c1-20-11-4-2-9(6-12(11)21-14(16)17)7-18-10-3-5-13(15)19-8-10/h2-6,8,14,18H,7H2,1H3. The SMILES string of the molecule is COc1ccc(CNc2ccc(F)nc2)cc1OC(F)F. The van der Waals surface area contributed by atoms with Crippen LogP contribution in [-0.2, 0) is 6.54 Å². The Balaban J connectivity index is 2.07. The number of alkyl halides is 2. The topological polar surface area (TPSA) is 43.4 Å². The molecule has 2 rings (SSSR count). The van der Waals surface area contributed by atoms with E-state index in [1.807, 2.05) is 0 Å². The molecule has 0 saturated heterocycles. The summed E-state index contributed by atoms with van der Waals surface area (Å²) in [5, 5.41) is 2.99. The van der Waals surface area contributed by atoms with Crippen LogP contribution in [0.15, 0.2) is 36.5 Å². The molecular formula is C14H13F3N2O2. The molecule has 112 valence electrons. The molecule has 0 amide bonds. The van der Waals surface area contributed by atoms with Crippen LogP contribution >= 0.6 is 0 Å². The van der Waals surface area contributed by atoms with Gasteiger partial charge in [0.05, 0.1) is 19.0 Å². The Kier molecular flexibility index (Phi) is 4.86. The predicted octanol–water partition coefficient (Wildman–Crippen LogP) is 3.44. The van der Waals surface area contributed by atoms with E-state index in [0.29, 0.717) is 17.8 Å². The van der Waals surface area contributed by atoms with Gasteiger partial charge in [0.1, 0.15) is 0 Å². The van der Waals surface area contributed by atoms with Crippen LogP contribution in [0.1, 0.15) is 5.56 Å². The summed E-state index contributed by atoms with van der Waals surface area (Å²) in [6, 6.07) is 7.46. The van der Waals surface area contributed by atoms with E-state index in [9.17, 15) is 13.2 Å². The van der Waals surface area contributed by atoms with Gasteiger partial charge >= 0.3 is 6.61 Å². The molecule has 4 nitrogen and oxygen atoms in total. The minimum Gasteiger partial charge on any atom is -0.493 e. The van der Waals surface area contributed by atoms with Crippen LogP contribution in [0.2, 0.25) is 0 Å². The zero-order chi connectivity index (χ0) is 15.2. The average molecular weight is 298 g/mol. The van der Waals surface area contributed by atoms with E-state index < -0.39 is 12.6 Å². The number of pyridine rings is 1. The Morgan fingerprint density at radius 2 is 2.00 bits per heavy atom. The number of aromatic nitrogens is 1. The van der Waals surface area contributed by atoms with Crippen LogP contribution in [-0.4, -0.2) is 18.7 Å². The maximum absolute atomic E-state index is 12.7. The minimum absolute atomic E-state index is 0.0379. The lowest BCUT2D eigenvalue weighted by Gasteiger charge is -2.12. The van der Waals surface area contributed by atoms with Crippen molar-refractivity contribution in [2.24, 2.45) is 0 Å². The number of nitrogens with one attached hydrogen (secondary N) is 1. The molecule has 1 heterocycles. The van der Waals surface area contributed by atoms with Gasteiger partial charge in [0.25, 0.3) is 0 Å². The zero-order valence-corrected chi connectivity index (χ0v) is 11.1. The van der Waals surface area contributed by atoms with Gasteiger partial charge in [-0.1, -0.05) is 6.07 Å². The molecule has 0 fully saturated rings. The third kappa shape index (κ3) is 4.27. The maximum atomic E-state index is 12.7. The smallest absolute Gasteiger partial charge is 0.387 e. The maximum Gasteiger partial charge on any atom is 0.387 e. The lowest BCUT2D eigenvalue weighted by Crippen LogP contribution is -2.05. The second-order valence-electron chi connectivity index (χ2n) is 4.09. The molecule has 2 aromatic rings. The van der Waals surface area contributed by atoms with Crippen molar-refractivity contribution in [1.29, 1.82) is 0 Å². The number of hydrogen-bond donors (Lipinski definition) is 1. The Labute approximate surface area is 119 Å². The van der Waals surface area contributed by atoms with E-state index >= 15 is 0 Å². The van der Waals surface area contributed by atoms with Crippen LogP contribution in [0.4, 0.5) is 18.9 Å². The Morgan fingerprint density at radius 3 is 2.62 bits per heavy atom. The second kappa shape index (κ2) is 6.83. The molecule has 7 heteroatoms. The van der Waals surface area contributed by atoms with Gasteiger partial charge in [0.2, 0.25) is 5.95 Å². The molecule has 1 N–H and O–H groups in total. The largest absolute Gasteiger partial charge is 0.493 e. The first kappa shape index (κ1) is 15.0. The summed E-state index contributed by atoms with van der Waals surface area (Å²) in [7, 11) is 1.37. The number of hydrogen-bond acceptors (Lipinski definition) is 4. The molecule has 1 aromatic carbocycles. The molecule has 0 aliphatic rings. The van der Waals surface area contributed by atoms with Crippen molar-refractivity contribution in [2.45, 2.75) is 13.2 Å². The van der Waals surface area contributed by atoms with Crippen LogP contribution in [0.3, 0.4) is 0 Å². The molecule has 0 saturated carbocycles. The fourth-order valence-corrected chi connectivity index (χ4v) is 1.70. The van der Waals surface area contributed by atoms with Crippen LogP contribution in [0.5, 0.6) is 11.5 Å². The fraction of sp³-hybridized carbons (Fsp3) is 0.214. The van der Waals surface area contributed by atoms with E-state index in [2.05, 4.69) is 15.0 Å². The highest BCUT2D eigenvalue weighted by atomic mass is 19.3. The first-order valence-electron chi connectivity index (χ1n) is 6.05. The van der Waals surface area contributed by atoms with Crippen molar-refractivity contribution in [1.82, 2.24) is 4.98 Å². The highest BCUT2D eigenvalue weighted by Gasteiger charge is 2.11. The van der Waals surface area contributed by atoms with Gasteiger partial charge in [0, 0.05) is 6.54 Å². The Bertz CT molecular complexity index is 591. The Morgan fingerprint density at radius 1 is 1.19 bits per heavy atom. The van der Waals surface area contributed by atoms with Gasteiger partial charge in [-0.3, -0.25) is 0 Å². The average Bonchev–Trinajstić information content (AvgIpc) is 2.46. The van der Waals surface area contributed by atoms with Crippen LogP contribution in [0.25, 0.3) is 0 Å². The third-order valence-electron chi connectivity index (χ3n) is 2.67. The molecule has 1 aromatic heterocycles. The summed E-state index contributed by atoms with van der Waals surface area (Å²) in [5.74, 6) is -0.385. The molecule has 0 radical (unpaired) electrons. The fourth-order valence-electron chi connectivity index (χ4n) is 1.70. The van der Waals surface area contributed by atoms with Gasteiger partial charge in [-0.05, 0) is 29.8 Å². The monoisotopic (exact) mass is 298 g/mol. The first-order valence-corrected chi connectivity index (χ1v) is 6.05. The van der Waals surface area contributed by atoms with Gasteiger partial charge in [-0.15, -0.1) is 0 Å². The van der Waals surface area contributed by atoms with Crippen LogP contribution in [0, 0.1) is 5.95 Å². The summed E-state index contributed by atoms with van der Waals surface area (Å²) in [6.07, 6.45) is 1.34. The van der Waals surface area contributed by atoms with E-state index in [0.717, 1.165) is 0 Å². The van der Waals surface area contributed by atoms with Crippen molar-refractivity contribution < 1.29 is 22.6 Å². The van der Waals surface area contributed by atoms with Crippen molar-refractivity contribution in [3.05, 3.63) is 48.0 Å².